The SMILES string of the molecule is CCC(N)=O.O=C(c1ccccc1)c1ccc([N+](=O)[O-])cc1. The summed E-state index contributed by atoms with van der Waals surface area (Å²) in [5.74, 6) is -0.384. The van der Waals surface area contributed by atoms with E-state index in [4.69, 9.17) is 0 Å². The first kappa shape index (κ1) is 17.0. The Morgan fingerprint density at radius 3 is 1.86 bits per heavy atom. The van der Waals surface area contributed by atoms with Gasteiger partial charge in [-0.25, -0.2) is 0 Å². The minimum absolute atomic E-state index is 0.0189. The number of amides is 1. The fourth-order valence-corrected chi connectivity index (χ4v) is 1.49. The van der Waals surface area contributed by atoms with Gasteiger partial charge in [0.05, 0.1) is 4.92 Å². The van der Waals surface area contributed by atoms with E-state index in [0.29, 0.717) is 17.5 Å². The van der Waals surface area contributed by atoms with Crippen LogP contribution in [0.5, 0.6) is 0 Å². The first-order valence-corrected chi connectivity index (χ1v) is 6.58. The summed E-state index contributed by atoms with van der Waals surface area (Å²) >= 11 is 0. The van der Waals surface area contributed by atoms with E-state index in [1.807, 2.05) is 6.07 Å². The molecule has 0 aliphatic carbocycles. The van der Waals surface area contributed by atoms with E-state index < -0.39 is 4.92 Å². The van der Waals surface area contributed by atoms with Crippen LogP contribution in [-0.4, -0.2) is 16.6 Å². The van der Waals surface area contributed by atoms with Gasteiger partial charge in [-0.3, -0.25) is 19.7 Å². The van der Waals surface area contributed by atoms with E-state index in [1.54, 1.807) is 31.2 Å². The maximum absolute atomic E-state index is 12.0. The van der Waals surface area contributed by atoms with Gasteiger partial charge in [0.1, 0.15) is 0 Å². The molecule has 2 aromatic carbocycles. The van der Waals surface area contributed by atoms with E-state index in [0.717, 1.165) is 0 Å². The smallest absolute Gasteiger partial charge is 0.269 e. The minimum atomic E-state index is -0.489. The molecule has 0 unspecified atom stereocenters. The van der Waals surface area contributed by atoms with Crippen molar-refractivity contribution in [1.82, 2.24) is 0 Å². The molecule has 0 aliphatic heterocycles. The lowest BCUT2D eigenvalue weighted by Gasteiger charge is -2.00. The number of hydrogen-bond donors (Lipinski definition) is 1. The third-order valence-electron chi connectivity index (χ3n) is 2.72. The molecule has 0 atom stereocenters. The van der Waals surface area contributed by atoms with Crippen molar-refractivity contribution in [2.45, 2.75) is 13.3 Å². The van der Waals surface area contributed by atoms with E-state index in [9.17, 15) is 19.7 Å². The number of nitro groups is 1. The van der Waals surface area contributed by atoms with Gasteiger partial charge in [-0.1, -0.05) is 37.3 Å². The molecule has 0 aliphatic rings. The minimum Gasteiger partial charge on any atom is -0.370 e. The highest BCUT2D eigenvalue weighted by molar-refractivity contribution is 6.09. The first-order valence-electron chi connectivity index (χ1n) is 6.58. The zero-order valence-corrected chi connectivity index (χ0v) is 12.1. The van der Waals surface area contributed by atoms with Gasteiger partial charge in [-0.05, 0) is 12.1 Å². The van der Waals surface area contributed by atoms with Crippen molar-refractivity contribution in [2.24, 2.45) is 5.73 Å². The fraction of sp³-hybridized carbons (Fsp3) is 0.125. The number of hydrogen-bond acceptors (Lipinski definition) is 4. The molecule has 2 rings (SSSR count). The number of benzene rings is 2. The number of ketones is 1. The van der Waals surface area contributed by atoms with Gasteiger partial charge in [0.15, 0.2) is 5.78 Å². The second kappa shape index (κ2) is 8.31. The van der Waals surface area contributed by atoms with E-state index in [1.165, 1.54) is 24.3 Å². The zero-order valence-electron chi connectivity index (χ0n) is 12.1. The molecule has 0 radical (unpaired) electrons. The number of nitrogens with zero attached hydrogens (tertiary/aromatic N) is 1. The molecular weight excluding hydrogens is 284 g/mol. The number of carbonyl (C=O) groups is 2. The molecule has 0 spiro atoms. The molecule has 6 heteroatoms. The van der Waals surface area contributed by atoms with Crippen molar-refractivity contribution in [3.63, 3.8) is 0 Å². The van der Waals surface area contributed by atoms with Gasteiger partial charge in [0.2, 0.25) is 5.91 Å². The van der Waals surface area contributed by atoms with Crippen LogP contribution < -0.4 is 5.73 Å². The lowest BCUT2D eigenvalue weighted by Crippen LogP contribution is -2.06. The average Bonchev–Trinajstić information content (AvgIpc) is 2.55. The maximum atomic E-state index is 12.0. The number of nitro benzene ring substituents is 1. The molecule has 1 amide bonds. The van der Waals surface area contributed by atoms with Gasteiger partial charge >= 0.3 is 0 Å². The number of rotatable bonds is 4. The second-order valence-corrected chi connectivity index (χ2v) is 4.32. The molecule has 0 saturated heterocycles. The van der Waals surface area contributed by atoms with E-state index in [2.05, 4.69) is 5.73 Å². The summed E-state index contributed by atoms with van der Waals surface area (Å²) in [5, 5.41) is 10.5. The number of nitrogens with two attached hydrogens (primary N) is 1. The van der Waals surface area contributed by atoms with Crippen molar-refractivity contribution in [3.05, 3.63) is 75.8 Å². The van der Waals surface area contributed by atoms with Crippen LogP contribution in [0.3, 0.4) is 0 Å². The highest BCUT2D eigenvalue weighted by atomic mass is 16.6. The summed E-state index contributed by atoms with van der Waals surface area (Å²) in [7, 11) is 0. The van der Waals surface area contributed by atoms with Crippen LogP contribution in [0, 0.1) is 10.1 Å². The van der Waals surface area contributed by atoms with Crippen molar-refractivity contribution in [2.75, 3.05) is 0 Å². The summed E-state index contributed by atoms with van der Waals surface area (Å²) in [6.07, 6.45) is 0.444. The van der Waals surface area contributed by atoms with Crippen LogP contribution in [-0.2, 0) is 4.79 Å². The van der Waals surface area contributed by atoms with Gasteiger partial charge in [-0.2, -0.15) is 0 Å². The van der Waals surface area contributed by atoms with Crippen molar-refractivity contribution in [1.29, 1.82) is 0 Å². The van der Waals surface area contributed by atoms with Gasteiger partial charge in [-0.15, -0.1) is 0 Å². The summed E-state index contributed by atoms with van der Waals surface area (Å²) in [5.41, 5.74) is 5.65. The van der Waals surface area contributed by atoms with Crippen molar-refractivity contribution >= 4 is 17.4 Å². The Morgan fingerprint density at radius 2 is 1.45 bits per heavy atom. The van der Waals surface area contributed by atoms with E-state index in [-0.39, 0.29) is 17.4 Å². The largest absolute Gasteiger partial charge is 0.370 e. The normalized spacial score (nSPS) is 9.32. The average molecular weight is 300 g/mol. The Kier molecular flexibility index (Phi) is 6.43. The Balaban J connectivity index is 0.000000422. The lowest BCUT2D eigenvalue weighted by atomic mass is 10.0. The summed E-state index contributed by atoms with van der Waals surface area (Å²) in [6.45, 7) is 1.72. The molecule has 2 aromatic rings. The third-order valence-corrected chi connectivity index (χ3v) is 2.72. The van der Waals surface area contributed by atoms with Crippen LogP contribution >= 0.6 is 0 Å². The van der Waals surface area contributed by atoms with E-state index >= 15 is 0 Å². The Morgan fingerprint density at radius 1 is 1.00 bits per heavy atom. The number of primary amides is 1. The molecule has 0 fully saturated rings. The second-order valence-electron chi connectivity index (χ2n) is 4.32. The third kappa shape index (κ3) is 5.16. The monoisotopic (exact) mass is 300 g/mol. The highest BCUT2D eigenvalue weighted by Crippen LogP contribution is 2.15. The molecule has 2 N–H and O–H groups in total. The maximum Gasteiger partial charge on any atom is 0.269 e. The molecular formula is C16H16N2O4. The molecule has 114 valence electrons. The Hall–Kier alpha value is -3.02. The van der Waals surface area contributed by atoms with Crippen LogP contribution in [0.25, 0.3) is 0 Å². The molecule has 0 aromatic heterocycles. The highest BCUT2D eigenvalue weighted by Gasteiger charge is 2.10. The Labute approximate surface area is 127 Å². The standard InChI is InChI=1S/C13H9NO3.C3H7NO/c15-13(10-4-2-1-3-5-10)11-6-8-12(9-7-11)14(16)17;1-2-3(4)5/h1-9H;2H2,1H3,(H2,4,5). The molecule has 0 bridgehead atoms. The van der Waals surface area contributed by atoms with Crippen LogP contribution in [0.4, 0.5) is 5.69 Å². The summed E-state index contributed by atoms with van der Waals surface area (Å²) in [4.78, 5) is 31.5. The summed E-state index contributed by atoms with van der Waals surface area (Å²) in [6, 6.07) is 14.4. The predicted octanol–water partition coefficient (Wildman–Crippen LogP) is 2.71. The molecule has 0 heterocycles. The van der Waals surface area contributed by atoms with Crippen LogP contribution in [0.1, 0.15) is 29.3 Å². The zero-order chi connectivity index (χ0) is 16.5. The molecule has 0 saturated carbocycles. The number of carbonyl (C=O) groups excluding carboxylic acids is 2. The molecule has 22 heavy (non-hydrogen) atoms. The first-order chi connectivity index (χ1) is 10.5. The predicted molar refractivity (Wildman–Crippen MR) is 82.5 cm³/mol. The fourth-order valence-electron chi connectivity index (χ4n) is 1.49. The Bertz CT molecular complexity index is 652. The quantitative estimate of drug-likeness (QED) is 0.532. The molecule has 6 nitrogen and oxygen atoms in total. The van der Waals surface area contributed by atoms with Gasteiger partial charge in [0, 0.05) is 29.7 Å². The van der Waals surface area contributed by atoms with Crippen molar-refractivity contribution < 1.29 is 14.5 Å². The van der Waals surface area contributed by atoms with Crippen LogP contribution in [0.2, 0.25) is 0 Å². The van der Waals surface area contributed by atoms with Crippen LogP contribution in [0.15, 0.2) is 54.6 Å². The van der Waals surface area contributed by atoms with Gasteiger partial charge in [0.25, 0.3) is 5.69 Å². The lowest BCUT2D eigenvalue weighted by molar-refractivity contribution is -0.384. The number of non-ortho nitro benzene ring substituents is 1. The van der Waals surface area contributed by atoms with Gasteiger partial charge < -0.3 is 5.73 Å². The van der Waals surface area contributed by atoms with Crippen molar-refractivity contribution in [3.8, 4) is 0 Å². The summed E-state index contributed by atoms with van der Waals surface area (Å²) < 4.78 is 0. The topological polar surface area (TPSA) is 103 Å².